The van der Waals surface area contributed by atoms with Gasteiger partial charge in [0.1, 0.15) is 0 Å². The Bertz CT molecular complexity index is 381. The third-order valence-electron chi connectivity index (χ3n) is 2.96. The summed E-state index contributed by atoms with van der Waals surface area (Å²) in [5.74, 6) is 0.121. The van der Waals surface area contributed by atoms with E-state index in [0.717, 1.165) is 30.1 Å². The molecule has 0 bridgehead atoms. The van der Waals surface area contributed by atoms with Crippen LogP contribution in [0.25, 0.3) is 0 Å². The van der Waals surface area contributed by atoms with E-state index in [0.29, 0.717) is 19.0 Å². The van der Waals surface area contributed by atoms with Crippen molar-refractivity contribution in [2.45, 2.75) is 45.2 Å². The first-order valence-electron chi connectivity index (χ1n) is 6.21. The number of thiazole rings is 1. The van der Waals surface area contributed by atoms with Crippen LogP contribution in [0.15, 0.2) is 5.38 Å². The Morgan fingerprint density at radius 2 is 2.37 bits per heavy atom. The van der Waals surface area contributed by atoms with E-state index in [1.165, 1.54) is 6.42 Å². The standard InChI is InChI=1S/C12H19N3OS.2ClH/c1-2-12-15-10(8-17-12)7-14-11(16)6-9-4-3-5-13-9;;/h8-9,13H,2-7H2,1H3,(H,14,16);2*1H. The lowest BCUT2D eigenvalue weighted by atomic mass is 10.1. The molecule has 0 radical (unpaired) electrons. The van der Waals surface area contributed by atoms with Gasteiger partial charge in [0.15, 0.2) is 0 Å². The Morgan fingerprint density at radius 3 is 2.95 bits per heavy atom. The van der Waals surface area contributed by atoms with Crippen molar-refractivity contribution in [2.24, 2.45) is 0 Å². The molecule has 1 atom stereocenters. The highest BCUT2D eigenvalue weighted by Crippen LogP contribution is 2.11. The lowest BCUT2D eigenvalue weighted by molar-refractivity contribution is -0.121. The van der Waals surface area contributed by atoms with Crippen molar-refractivity contribution in [2.75, 3.05) is 6.54 Å². The minimum absolute atomic E-state index is 0. The highest BCUT2D eigenvalue weighted by atomic mass is 35.5. The topological polar surface area (TPSA) is 54.0 Å². The van der Waals surface area contributed by atoms with Crippen molar-refractivity contribution >= 4 is 42.1 Å². The van der Waals surface area contributed by atoms with E-state index in [9.17, 15) is 4.79 Å². The predicted molar refractivity (Wildman–Crippen MR) is 83.5 cm³/mol. The van der Waals surface area contributed by atoms with Crippen LogP contribution in [0.4, 0.5) is 0 Å². The van der Waals surface area contributed by atoms with E-state index in [1.807, 2.05) is 5.38 Å². The number of carbonyl (C=O) groups excluding carboxylic acids is 1. The van der Waals surface area contributed by atoms with E-state index in [-0.39, 0.29) is 30.7 Å². The number of aromatic nitrogens is 1. The van der Waals surface area contributed by atoms with Gasteiger partial charge in [-0.2, -0.15) is 0 Å². The van der Waals surface area contributed by atoms with Gasteiger partial charge in [0.2, 0.25) is 5.91 Å². The van der Waals surface area contributed by atoms with Crippen molar-refractivity contribution in [1.29, 1.82) is 0 Å². The molecule has 1 aliphatic rings. The van der Waals surface area contributed by atoms with Crippen LogP contribution in [0.2, 0.25) is 0 Å². The summed E-state index contributed by atoms with van der Waals surface area (Å²) in [6, 6.07) is 0.372. The molecule has 1 aliphatic heterocycles. The fourth-order valence-corrected chi connectivity index (χ4v) is 2.75. The van der Waals surface area contributed by atoms with Crippen LogP contribution in [0.1, 0.15) is 36.9 Å². The summed E-state index contributed by atoms with van der Waals surface area (Å²) in [6.07, 6.45) is 3.85. The van der Waals surface area contributed by atoms with Gasteiger partial charge in [-0.05, 0) is 25.8 Å². The molecule has 1 unspecified atom stereocenters. The maximum Gasteiger partial charge on any atom is 0.221 e. The molecule has 1 amide bonds. The minimum Gasteiger partial charge on any atom is -0.350 e. The predicted octanol–water partition coefficient (Wildman–Crippen LogP) is 2.31. The summed E-state index contributed by atoms with van der Waals surface area (Å²) < 4.78 is 0. The van der Waals surface area contributed by atoms with Gasteiger partial charge in [0.05, 0.1) is 17.2 Å². The second-order valence-corrected chi connectivity index (χ2v) is 5.30. The first kappa shape index (κ1) is 18.6. The maximum absolute atomic E-state index is 11.7. The summed E-state index contributed by atoms with van der Waals surface area (Å²) in [7, 11) is 0. The summed E-state index contributed by atoms with van der Waals surface area (Å²) in [4.78, 5) is 16.1. The number of hydrogen-bond donors (Lipinski definition) is 2. The average Bonchev–Trinajstić information content (AvgIpc) is 2.96. The molecule has 4 nitrogen and oxygen atoms in total. The Balaban J connectivity index is 0.00000162. The van der Waals surface area contributed by atoms with Gasteiger partial charge >= 0.3 is 0 Å². The lowest BCUT2D eigenvalue weighted by Gasteiger charge is -2.09. The summed E-state index contributed by atoms with van der Waals surface area (Å²) in [5.41, 5.74) is 0.972. The summed E-state index contributed by atoms with van der Waals surface area (Å²) >= 11 is 1.66. The van der Waals surface area contributed by atoms with Gasteiger partial charge < -0.3 is 10.6 Å². The fourth-order valence-electron chi connectivity index (χ4n) is 2.01. The van der Waals surface area contributed by atoms with Crippen molar-refractivity contribution in [3.63, 3.8) is 0 Å². The number of amides is 1. The Labute approximate surface area is 130 Å². The van der Waals surface area contributed by atoms with E-state index in [1.54, 1.807) is 11.3 Å². The van der Waals surface area contributed by atoms with Gasteiger partial charge in [0.25, 0.3) is 0 Å². The number of halogens is 2. The Hall–Kier alpha value is -0.360. The second-order valence-electron chi connectivity index (χ2n) is 4.36. The molecule has 1 fully saturated rings. The molecule has 19 heavy (non-hydrogen) atoms. The van der Waals surface area contributed by atoms with Crippen LogP contribution in [-0.4, -0.2) is 23.5 Å². The van der Waals surface area contributed by atoms with Crippen LogP contribution in [0.5, 0.6) is 0 Å². The van der Waals surface area contributed by atoms with Gasteiger partial charge in [-0.1, -0.05) is 6.92 Å². The van der Waals surface area contributed by atoms with Crippen molar-refractivity contribution in [3.05, 3.63) is 16.1 Å². The van der Waals surface area contributed by atoms with Crippen molar-refractivity contribution in [3.8, 4) is 0 Å². The van der Waals surface area contributed by atoms with E-state index in [2.05, 4.69) is 22.5 Å². The first-order valence-corrected chi connectivity index (χ1v) is 7.09. The van der Waals surface area contributed by atoms with Crippen LogP contribution < -0.4 is 10.6 Å². The molecule has 7 heteroatoms. The lowest BCUT2D eigenvalue weighted by Crippen LogP contribution is -2.31. The van der Waals surface area contributed by atoms with Gasteiger partial charge in [-0.25, -0.2) is 4.98 Å². The quantitative estimate of drug-likeness (QED) is 0.873. The molecule has 2 rings (SSSR count). The Kier molecular flexibility index (Phi) is 9.35. The molecule has 1 aromatic rings. The number of carbonyl (C=O) groups is 1. The van der Waals surface area contributed by atoms with Gasteiger partial charge in [0, 0.05) is 17.8 Å². The monoisotopic (exact) mass is 325 g/mol. The smallest absolute Gasteiger partial charge is 0.221 e. The van der Waals surface area contributed by atoms with Crippen LogP contribution in [-0.2, 0) is 17.8 Å². The first-order chi connectivity index (χ1) is 8.28. The van der Waals surface area contributed by atoms with E-state index in [4.69, 9.17) is 0 Å². The molecule has 110 valence electrons. The molecule has 0 aliphatic carbocycles. The maximum atomic E-state index is 11.7. The van der Waals surface area contributed by atoms with E-state index < -0.39 is 0 Å². The zero-order valence-corrected chi connectivity index (χ0v) is 13.4. The number of rotatable bonds is 5. The molecular formula is C12H21Cl2N3OS. The summed E-state index contributed by atoms with van der Waals surface area (Å²) in [6.45, 7) is 3.69. The third kappa shape index (κ3) is 6.08. The van der Waals surface area contributed by atoms with Crippen molar-refractivity contribution in [1.82, 2.24) is 15.6 Å². The molecule has 1 saturated heterocycles. The molecule has 0 spiro atoms. The number of nitrogens with one attached hydrogen (secondary N) is 2. The highest BCUT2D eigenvalue weighted by molar-refractivity contribution is 7.09. The van der Waals surface area contributed by atoms with E-state index >= 15 is 0 Å². The molecular weight excluding hydrogens is 305 g/mol. The largest absolute Gasteiger partial charge is 0.350 e. The highest BCUT2D eigenvalue weighted by Gasteiger charge is 2.17. The van der Waals surface area contributed by atoms with Crippen LogP contribution >= 0.6 is 36.2 Å². The minimum atomic E-state index is 0. The molecule has 2 heterocycles. The average molecular weight is 326 g/mol. The van der Waals surface area contributed by atoms with Crippen molar-refractivity contribution < 1.29 is 4.79 Å². The normalized spacial score (nSPS) is 17.4. The molecule has 0 saturated carbocycles. The molecule has 1 aromatic heterocycles. The van der Waals surface area contributed by atoms with Crippen LogP contribution in [0.3, 0.4) is 0 Å². The SMILES string of the molecule is CCc1nc(CNC(=O)CC2CCCN2)cs1.Cl.Cl. The number of hydrogen-bond acceptors (Lipinski definition) is 4. The number of nitrogens with zero attached hydrogens (tertiary/aromatic N) is 1. The Morgan fingerprint density at radius 1 is 1.58 bits per heavy atom. The fraction of sp³-hybridized carbons (Fsp3) is 0.667. The summed E-state index contributed by atoms with van der Waals surface area (Å²) in [5, 5.41) is 9.40. The third-order valence-corrected chi connectivity index (χ3v) is 4.00. The van der Waals surface area contributed by atoms with Crippen LogP contribution in [0, 0.1) is 0 Å². The molecule has 2 N–H and O–H groups in total. The van der Waals surface area contributed by atoms with Gasteiger partial charge in [-0.3, -0.25) is 4.79 Å². The number of aryl methyl sites for hydroxylation is 1. The molecule has 0 aromatic carbocycles. The zero-order chi connectivity index (χ0) is 12.1. The second kappa shape index (κ2) is 9.53. The van der Waals surface area contributed by atoms with Gasteiger partial charge in [-0.15, -0.1) is 36.2 Å². The zero-order valence-electron chi connectivity index (χ0n) is 11.0.